The highest BCUT2D eigenvalue weighted by atomic mass is 79.9. The number of ether oxygens (including phenoxy) is 1. The van der Waals surface area contributed by atoms with Gasteiger partial charge in [-0.15, -0.1) is 0 Å². The summed E-state index contributed by atoms with van der Waals surface area (Å²) in [7, 11) is 0. The number of nitrogens with zero attached hydrogens (tertiary/aromatic N) is 1. The summed E-state index contributed by atoms with van der Waals surface area (Å²) >= 11 is 3.35. The lowest BCUT2D eigenvalue weighted by Gasteiger charge is -2.42. The number of hydrogen-bond acceptors (Lipinski definition) is 3. The second-order valence-corrected chi connectivity index (χ2v) is 7.11. The Labute approximate surface area is 140 Å². The van der Waals surface area contributed by atoms with Gasteiger partial charge >= 0.3 is 0 Å². The number of morpholine rings is 1. The first-order valence-electron chi connectivity index (χ1n) is 7.57. The molecule has 1 fully saturated rings. The number of ketones is 1. The molecule has 0 aromatic heterocycles. The highest BCUT2D eigenvalue weighted by molar-refractivity contribution is 9.10. The summed E-state index contributed by atoms with van der Waals surface area (Å²) in [5.74, 6) is 0.193. The van der Waals surface area contributed by atoms with Crippen molar-refractivity contribution < 1.29 is 14.3 Å². The molecule has 0 atom stereocenters. The molecule has 0 bridgehead atoms. The number of carbonyl (C=O) groups excluding carboxylic acids is 2. The van der Waals surface area contributed by atoms with Crippen molar-refractivity contribution in [2.24, 2.45) is 0 Å². The second-order valence-electron chi connectivity index (χ2n) is 6.19. The number of benzene rings is 1. The molecule has 0 aliphatic carbocycles. The SMILES string of the molecule is CC1(C)COCCN1C(=O)CCCC(=O)c1ccc(Br)cc1. The minimum Gasteiger partial charge on any atom is -0.377 e. The van der Waals surface area contributed by atoms with Gasteiger partial charge in [-0.25, -0.2) is 0 Å². The lowest BCUT2D eigenvalue weighted by atomic mass is 10.0. The number of Topliss-reactive ketones (excluding diaryl/α,β-unsaturated/α-hetero) is 1. The first kappa shape index (κ1) is 17.2. The maximum Gasteiger partial charge on any atom is 0.223 e. The normalized spacial score (nSPS) is 17.3. The Morgan fingerprint density at radius 1 is 1.23 bits per heavy atom. The first-order valence-corrected chi connectivity index (χ1v) is 8.36. The molecule has 0 unspecified atom stereocenters. The van der Waals surface area contributed by atoms with Crippen LogP contribution in [0.25, 0.3) is 0 Å². The Morgan fingerprint density at radius 3 is 2.55 bits per heavy atom. The molecule has 4 nitrogen and oxygen atoms in total. The van der Waals surface area contributed by atoms with Crippen molar-refractivity contribution >= 4 is 27.6 Å². The molecule has 1 heterocycles. The van der Waals surface area contributed by atoms with Gasteiger partial charge in [0.25, 0.3) is 0 Å². The highest BCUT2D eigenvalue weighted by Gasteiger charge is 2.33. The van der Waals surface area contributed by atoms with Gasteiger partial charge in [-0.3, -0.25) is 9.59 Å². The minimum absolute atomic E-state index is 0.0848. The van der Waals surface area contributed by atoms with E-state index in [9.17, 15) is 9.59 Å². The quantitative estimate of drug-likeness (QED) is 0.748. The smallest absolute Gasteiger partial charge is 0.223 e. The van der Waals surface area contributed by atoms with Crippen LogP contribution in [0.1, 0.15) is 43.5 Å². The molecule has 0 saturated carbocycles. The molecule has 1 aliphatic rings. The predicted octanol–water partition coefficient (Wildman–Crippen LogP) is 3.44. The average molecular weight is 368 g/mol. The van der Waals surface area contributed by atoms with Crippen LogP contribution in [0.3, 0.4) is 0 Å². The van der Waals surface area contributed by atoms with E-state index in [0.29, 0.717) is 44.6 Å². The largest absolute Gasteiger partial charge is 0.377 e. The summed E-state index contributed by atoms with van der Waals surface area (Å²) in [6.07, 6.45) is 1.39. The fourth-order valence-corrected chi connectivity index (χ4v) is 2.90. The van der Waals surface area contributed by atoms with Crippen LogP contribution < -0.4 is 0 Å². The fourth-order valence-electron chi connectivity index (χ4n) is 2.64. The van der Waals surface area contributed by atoms with E-state index >= 15 is 0 Å². The van der Waals surface area contributed by atoms with E-state index in [1.54, 1.807) is 12.1 Å². The van der Waals surface area contributed by atoms with Gasteiger partial charge in [0.15, 0.2) is 5.78 Å². The summed E-state index contributed by atoms with van der Waals surface area (Å²) in [5.41, 5.74) is 0.438. The van der Waals surface area contributed by atoms with Crippen LogP contribution in [0.4, 0.5) is 0 Å². The average Bonchev–Trinajstić information content (AvgIpc) is 2.47. The Kier molecular flexibility index (Phi) is 5.75. The molecule has 1 aliphatic heterocycles. The third-order valence-corrected chi connectivity index (χ3v) is 4.44. The van der Waals surface area contributed by atoms with Gasteiger partial charge in [0.1, 0.15) is 0 Å². The zero-order chi connectivity index (χ0) is 16.2. The van der Waals surface area contributed by atoms with Gasteiger partial charge < -0.3 is 9.64 Å². The minimum atomic E-state index is -0.259. The number of rotatable bonds is 5. The van der Waals surface area contributed by atoms with Crippen LogP contribution >= 0.6 is 15.9 Å². The molecule has 1 aromatic carbocycles. The van der Waals surface area contributed by atoms with E-state index in [1.165, 1.54) is 0 Å². The van der Waals surface area contributed by atoms with Gasteiger partial charge in [-0.1, -0.05) is 28.1 Å². The van der Waals surface area contributed by atoms with Gasteiger partial charge in [0, 0.05) is 29.4 Å². The van der Waals surface area contributed by atoms with Crippen molar-refractivity contribution in [1.82, 2.24) is 4.90 Å². The number of carbonyl (C=O) groups is 2. The molecule has 2 rings (SSSR count). The first-order chi connectivity index (χ1) is 10.4. The monoisotopic (exact) mass is 367 g/mol. The second kappa shape index (κ2) is 7.38. The molecular formula is C17H22BrNO3. The number of hydrogen-bond donors (Lipinski definition) is 0. The highest BCUT2D eigenvalue weighted by Crippen LogP contribution is 2.21. The summed E-state index contributed by atoms with van der Waals surface area (Å²) in [6, 6.07) is 7.32. The van der Waals surface area contributed by atoms with Crippen LogP contribution in [0.5, 0.6) is 0 Å². The lowest BCUT2D eigenvalue weighted by molar-refractivity contribution is -0.146. The molecule has 0 spiro atoms. The molecule has 0 N–H and O–H groups in total. The van der Waals surface area contributed by atoms with Gasteiger partial charge in [-0.05, 0) is 32.4 Å². The zero-order valence-electron chi connectivity index (χ0n) is 13.1. The van der Waals surface area contributed by atoms with Gasteiger partial charge in [0.2, 0.25) is 5.91 Å². The van der Waals surface area contributed by atoms with E-state index in [2.05, 4.69) is 15.9 Å². The Balaban J connectivity index is 1.81. The van der Waals surface area contributed by atoms with Crippen molar-refractivity contribution in [2.75, 3.05) is 19.8 Å². The zero-order valence-corrected chi connectivity index (χ0v) is 14.7. The summed E-state index contributed by atoms with van der Waals surface area (Å²) in [4.78, 5) is 26.3. The predicted molar refractivity (Wildman–Crippen MR) is 88.9 cm³/mol. The molecule has 5 heteroatoms. The molecule has 1 amide bonds. The molecule has 0 radical (unpaired) electrons. The maximum absolute atomic E-state index is 12.3. The molecule has 22 heavy (non-hydrogen) atoms. The third-order valence-electron chi connectivity index (χ3n) is 3.91. The Bertz CT molecular complexity index is 539. The number of halogens is 1. The van der Waals surface area contributed by atoms with Gasteiger partial charge in [-0.2, -0.15) is 0 Å². The van der Waals surface area contributed by atoms with Crippen LogP contribution in [0, 0.1) is 0 Å². The summed E-state index contributed by atoms with van der Waals surface area (Å²) in [6.45, 7) is 5.81. The van der Waals surface area contributed by atoms with Crippen molar-refractivity contribution in [1.29, 1.82) is 0 Å². The van der Waals surface area contributed by atoms with E-state index in [0.717, 1.165) is 4.47 Å². The molecule has 1 aromatic rings. The van der Waals surface area contributed by atoms with Crippen LogP contribution in [-0.2, 0) is 9.53 Å². The van der Waals surface area contributed by atoms with E-state index in [1.807, 2.05) is 30.9 Å². The lowest BCUT2D eigenvalue weighted by Crippen LogP contribution is -2.55. The van der Waals surface area contributed by atoms with Crippen molar-refractivity contribution in [2.45, 2.75) is 38.6 Å². The third kappa shape index (κ3) is 4.40. The topological polar surface area (TPSA) is 46.6 Å². The van der Waals surface area contributed by atoms with Crippen LogP contribution in [0.15, 0.2) is 28.7 Å². The summed E-state index contributed by atoms with van der Waals surface area (Å²) in [5, 5.41) is 0. The standard InChI is InChI=1S/C17H22BrNO3/c1-17(2)12-22-11-10-19(17)16(21)5-3-4-15(20)13-6-8-14(18)9-7-13/h6-9H,3-5,10-12H2,1-2H3. The van der Waals surface area contributed by atoms with E-state index < -0.39 is 0 Å². The van der Waals surface area contributed by atoms with Crippen molar-refractivity contribution in [3.8, 4) is 0 Å². The summed E-state index contributed by atoms with van der Waals surface area (Å²) < 4.78 is 6.38. The molecular weight excluding hydrogens is 346 g/mol. The Hall–Kier alpha value is -1.20. The van der Waals surface area contributed by atoms with Crippen LogP contribution in [-0.4, -0.2) is 41.9 Å². The van der Waals surface area contributed by atoms with Crippen molar-refractivity contribution in [3.05, 3.63) is 34.3 Å². The maximum atomic E-state index is 12.3. The molecule has 120 valence electrons. The number of amides is 1. The van der Waals surface area contributed by atoms with Crippen molar-refractivity contribution in [3.63, 3.8) is 0 Å². The van der Waals surface area contributed by atoms with E-state index in [4.69, 9.17) is 4.74 Å². The fraction of sp³-hybridized carbons (Fsp3) is 0.529. The van der Waals surface area contributed by atoms with E-state index in [-0.39, 0.29) is 17.2 Å². The molecule has 1 saturated heterocycles. The van der Waals surface area contributed by atoms with Crippen LogP contribution in [0.2, 0.25) is 0 Å². The Morgan fingerprint density at radius 2 is 1.91 bits per heavy atom. The van der Waals surface area contributed by atoms with Gasteiger partial charge in [0.05, 0.1) is 18.8 Å².